The SMILES string of the molecule is Cn1c(=O)c(C2=NN(c3ccccc3)C(=O)C(=O)C2)c(O)c2ccccc21. The molecule has 0 atom stereocenters. The Labute approximate surface area is 153 Å². The second-order valence-electron chi connectivity index (χ2n) is 6.20. The summed E-state index contributed by atoms with van der Waals surface area (Å²) in [5.41, 5.74) is 0.470. The van der Waals surface area contributed by atoms with Crippen molar-refractivity contribution in [3.05, 3.63) is 70.5 Å². The standard InChI is InChI=1S/C20H15N3O4/c1-22-15-10-6-5-9-13(15)18(25)17(20(22)27)14-11-16(24)19(26)23(21-14)12-7-3-2-4-8-12/h2-10,25H,11H2,1H3. The molecule has 0 radical (unpaired) electrons. The second kappa shape index (κ2) is 6.21. The van der Waals surface area contributed by atoms with Gasteiger partial charge in [0.05, 0.1) is 23.3 Å². The number of aryl methyl sites for hydroxylation is 1. The summed E-state index contributed by atoms with van der Waals surface area (Å²) in [7, 11) is 1.58. The zero-order chi connectivity index (χ0) is 19.1. The van der Waals surface area contributed by atoms with Crippen LogP contribution < -0.4 is 10.6 Å². The summed E-state index contributed by atoms with van der Waals surface area (Å²) in [6.45, 7) is 0. The smallest absolute Gasteiger partial charge is 0.315 e. The van der Waals surface area contributed by atoms with Gasteiger partial charge in [0.15, 0.2) is 0 Å². The molecule has 0 spiro atoms. The molecule has 0 saturated heterocycles. The van der Waals surface area contributed by atoms with Crippen molar-refractivity contribution in [3.8, 4) is 5.75 Å². The molecule has 1 aliphatic heterocycles. The summed E-state index contributed by atoms with van der Waals surface area (Å²) in [4.78, 5) is 37.4. The van der Waals surface area contributed by atoms with E-state index in [1.165, 1.54) is 4.57 Å². The van der Waals surface area contributed by atoms with Crippen molar-refractivity contribution in [3.63, 3.8) is 0 Å². The van der Waals surface area contributed by atoms with Gasteiger partial charge in [0.2, 0.25) is 5.78 Å². The van der Waals surface area contributed by atoms with Crippen molar-refractivity contribution < 1.29 is 14.7 Å². The molecule has 7 nitrogen and oxygen atoms in total. The number of nitrogens with zero attached hydrogens (tertiary/aromatic N) is 3. The van der Waals surface area contributed by atoms with Gasteiger partial charge in [0, 0.05) is 12.4 Å². The van der Waals surface area contributed by atoms with Crippen LogP contribution in [-0.2, 0) is 16.6 Å². The minimum atomic E-state index is -0.776. The number of fused-ring (bicyclic) bond motifs is 1. The number of hydrogen-bond donors (Lipinski definition) is 1. The van der Waals surface area contributed by atoms with Crippen LogP contribution in [0.1, 0.15) is 12.0 Å². The van der Waals surface area contributed by atoms with Gasteiger partial charge in [0.25, 0.3) is 5.56 Å². The number of amides is 1. The van der Waals surface area contributed by atoms with E-state index in [1.807, 2.05) is 0 Å². The monoisotopic (exact) mass is 361 g/mol. The van der Waals surface area contributed by atoms with Gasteiger partial charge in [-0.3, -0.25) is 14.4 Å². The number of carbonyl (C=O) groups excluding carboxylic acids is 2. The molecule has 0 unspecified atom stereocenters. The van der Waals surface area contributed by atoms with E-state index in [4.69, 9.17) is 0 Å². The normalized spacial score (nSPS) is 14.6. The van der Waals surface area contributed by atoms with Crippen LogP contribution in [-0.4, -0.2) is 27.1 Å². The first-order chi connectivity index (χ1) is 13.0. The summed E-state index contributed by atoms with van der Waals surface area (Å²) in [5.74, 6) is -1.72. The average molecular weight is 361 g/mol. The summed E-state index contributed by atoms with van der Waals surface area (Å²) in [6.07, 6.45) is -0.344. The molecule has 0 aliphatic carbocycles. The first-order valence-electron chi connectivity index (χ1n) is 8.30. The molecular formula is C20H15N3O4. The number of hydrazone groups is 1. The van der Waals surface area contributed by atoms with Crippen LogP contribution in [0.5, 0.6) is 5.75 Å². The van der Waals surface area contributed by atoms with Crippen LogP contribution in [0.3, 0.4) is 0 Å². The fraction of sp³-hybridized carbons (Fsp3) is 0.100. The van der Waals surface area contributed by atoms with Gasteiger partial charge in [-0.2, -0.15) is 10.1 Å². The number of aromatic nitrogens is 1. The molecule has 7 heteroatoms. The fourth-order valence-corrected chi connectivity index (χ4v) is 3.17. The lowest BCUT2D eigenvalue weighted by molar-refractivity contribution is -0.135. The molecule has 1 aromatic heterocycles. The van der Waals surface area contributed by atoms with Gasteiger partial charge < -0.3 is 9.67 Å². The first kappa shape index (κ1) is 16.7. The third-order valence-electron chi connectivity index (χ3n) is 4.54. The molecule has 1 aliphatic rings. The zero-order valence-corrected chi connectivity index (χ0v) is 14.4. The van der Waals surface area contributed by atoms with Crippen LogP contribution in [0.4, 0.5) is 5.69 Å². The predicted octanol–water partition coefficient (Wildman–Crippen LogP) is 1.95. The highest BCUT2D eigenvalue weighted by Crippen LogP contribution is 2.29. The Hall–Kier alpha value is -3.74. The van der Waals surface area contributed by atoms with Gasteiger partial charge in [-0.05, 0) is 24.3 Å². The molecule has 0 fully saturated rings. The first-order valence-corrected chi connectivity index (χ1v) is 8.30. The molecule has 4 rings (SSSR count). The number of aromatic hydroxyl groups is 1. The van der Waals surface area contributed by atoms with Crippen LogP contribution >= 0.6 is 0 Å². The molecule has 0 bridgehead atoms. The largest absolute Gasteiger partial charge is 0.506 e. The van der Waals surface area contributed by atoms with Gasteiger partial charge >= 0.3 is 5.91 Å². The Morgan fingerprint density at radius 2 is 1.63 bits per heavy atom. The van der Waals surface area contributed by atoms with Gasteiger partial charge in [0.1, 0.15) is 11.3 Å². The van der Waals surface area contributed by atoms with Gasteiger partial charge in [-0.1, -0.05) is 30.3 Å². The molecule has 1 amide bonds. The quantitative estimate of drug-likeness (QED) is 0.706. The van der Waals surface area contributed by atoms with Crippen LogP contribution in [0.15, 0.2) is 64.5 Å². The summed E-state index contributed by atoms with van der Waals surface area (Å²) < 4.78 is 1.39. The predicted molar refractivity (Wildman–Crippen MR) is 101 cm³/mol. The minimum Gasteiger partial charge on any atom is -0.506 e. The minimum absolute atomic E-state index is 0.0623. The lowest BCUT2D eigenvalue weighted by atomic mass is 10.0. The zero-order valence-electron chi connectivity index (χ0n) is 14.4. The van der Waals surface area contributed by atoms with Gasteiger partial charge in [-0.25, -0.2) is 0 Å². The topological polar surface area (TPSA) is 92.0 Å². The maximum Gasteiger partial charge on any atom is 0.315 e. The Morgan fingerprint density at radius 3 is 2.37 bits per heavy atom. The van der Waals surface area contributed by atoms with E-state index in [-0.39, 0.29) is 23.4 Å². The number of para-hydroxylation sites is 2. The lowest BCUT2D eigenvalue weighted by Crippen LogP contribution is -2.41. The molecule has 2 heterocycles. The van der Waals surface area contributed by atoms with Crippen molar-refractivity contribution in [2.45, 2.75) is 6.42 Å². The number of Topliss-reactive ketones (excluding diaryl/α,β-unsaturated/α-hetero) is 1. The Kier molecular flexibility index (Phi) is 3.84. The van der Waals surface area contributed by atoms with E-state index in [9.17, 15) is 19.5 Å². The van der Waals surface area contributed by atoms with Crippen molar-refractivity contribution in [2.24, 2.45) is 12.1 Å². The van der Waals surface area contributed by atoms with Crippen molar-refractivity contribution in [2.75, 3.05) is 5.01 Å². The Balaban J connectivity index is 1.97. The van der Waals surface area contributed by atoms with Crippen molar-refractivity contribution >= 4 is 34.0 Å². The Bertz CT molecular complexity index is 1180. The molecule has 2 aromatic carbocycles. The lowest BCUT2D eigenvalue weighted by Gasteiger charge is -2.23. The molecular weight excluding hydrogens is 346 g/mol. The van der Waals surface area contributed by atoms with Crippen molar-refractivity contribution in [1.82, 2.24) is 4.57 Å². The van der Waals surface area contributed by atoms with E-state index < -0.39 is 17.2 Å². The number of hydrogen-bond acceptors (Lipinski definition) is 5. The third kappa shape index (κ3) is 2.60. The van der Waals surface area contributed by atoms with E-state index in [0.29, 0.717) is 16.6 Å². The number of pyridine rings is 1. The number of anilines is 1. The fourth-order valence-electron chi connectivity index (χ4n) is 3.17. The molecule has 27 heavy (non-hydrogen) atoms. The summed E-state index contributed by atoms with van der Waals surface area (Å²) >= 11 is 0. The summed E-state index contributed by atoms with van der Waals surface area (Å²) in [6, 6.07) is 15.4. The van der Waals surface area contributed by atoms with Crippen molar-refractivity contribution in [1.29, 1.82) is 0 Å². The highest BCUT2D eigenvalue weighted by Gasteiger charge is 2.33. The molecule has 0 saturated carbocycles. The Morgan fingerprint density at radius 1 is 0.963 bits per heavy atom. The molecule has 1 N–H and O–H groups in total. The van der Waals surface area contributed by atoms with Gasteiger partial charge in [-0.15, -0.1) is 0 Å². The third-order valence-corrected chi connectivity index (χ3v) is 4.54. The maximum absolute atomic E-state index is 12.8. The molecule has 134 valence electrons. The number of carbonyl (C=O) groups is 2. The maximum atomic E-state index is 12.8. The van der Waals surface area contributed by atoms with E-state index in [2.05, 4.69) is 5.10 Å². The van der Waals surface area contributed by atoms with Crippen LogP contribution in [0.2, 0.25) is 0 Å². The average Bonchev–Trinajstić information content (AvgIpc) is 2.69. The van der Waals surface area contributed by atoms with E-state index in [1.54, 1.807) is 61.6 Å². The molecule has 3 aromatic rings. The second-order valence-corrected chi connectivity index (χ2v) is 6.20. The summed E-state index contributed by atoms with van der Waals surface area (Å²) in [5, 5.41) is 16.4. The van der Waals surface area contributed by atoms with E-state index in [0.717, 1.165) is 5.01 Å². The highest BCUT2D eigenvalue weighted by molar-refractivity contribution is 6.47. The highest BCUT2D eigenvalue weighted by atomic mass is 16.3. The number of ketones is 1. The van der Waals surface area contributed by atoms with Crippen LogP contribution in [0.25, 0.3) is 10.9 Å². The number of rotatable bonds is 2. The van der Waals surface area contributed by atoms with Crippen LogP contribution in [0, 0.1) is 0 Å². The number of benzene rings is 2. The van der Waals surface area contributed by atoms with E-state index >= 15 is 0 Å².